The Bertz CT molecular complexity index is 211. The zero-order valence-electron chi connectivity index (χ0n) is 4.48. The highest BCUT2D eigenvalue weighted by Gasteiger charge is 1.95. The van der Waals surface area contributed by atoms with Crippen LogP contribution in [0.3, 0.4) is 0 Å². The molecular weight excluding hydrogens is 136 g/mol. The van der Waals surface area contributed by atoms with Crippen molar-refractivity contribution in [2.45, 2.75) is 0 Å². The van der Waals surface area contributed by atoms with Crippen LogP contribution in [-0.2, 0) is 0 Å². The van der Waals surface area contributed by atoms with E-state index in [1.165, 1.54) is 6.20 Å². The molecule has 0 aliphatic heterocycles. The summed E-state index contributed by atoms with van der Waals surface area (Å²) >= 11 is 4.42. The van der Waals surface area contributed by atoms with E-state index < -0.39 is 0 Å². The van der Waals surface area contributed by atoms with Gasteiger partial charge in [0, 0.05) is 6.20 Å². The van der Waals surface area contributed by atoms with Crippen molar-refractivity contribution in [3.63, 3.8) is 0 Å². The van der Waals surface area contributed by atoms with Gasteiger partial charge in [-0.3, -0.25) is 0 Å². The van der Waals surface area contributed by atoms with E-state index in [-0.39, 0.29) is 5.05 Å². The zero-order chi connectivity index (χ0) is 6.69. The van der Waals surface area contributed by atoms with Gasteiger partial charge in [-0.1, -0.05) is 0 Å². The fourth-order valence-corrected chi connectivity index (χ4v) is 0.524. The Hall–Kier alpha value is -1.03. The highest BCUT2D eigenvalue weighted by molar-refractivity contribution is 7.80. The molecule has 0 unspecified atom stereocenters. The minimum Gasteiger partial charge on any atom is -0.497 e. The maximum atomic E-state index is 8.65. The van der Waals surface area contributed by atoms with Crippen molar-refractivity contribution < 1.29 is 5.11 Å². The van der Waals surface area contributed by atoms with E-state index in [1.54, 1.807) is 12.1 Å². The fourth-order valence-electron chi connectivity index (χ4n) is 0.416. The van der Waals surface area contributed by atoms with Gasteiger partial charge in [0.25, 0.3) is 0 Å². The summed E-state index contributed by atoms with van der Waals surface area (Å²) in [7, 11) is 0. The lowest BCUT2D eigenvalue weighted by atomic mass is 10.4. The second kappa shape index (κ2) is 2.50. The van der Waals surface area contributed by atoms with Crippen molar-refractivity contribution in [3.8, 4) is 0 Å². The van der Waals surface area contributed by atoms with Crippen LogP contribution >= 0.6 is 12.2 Å². The Labute approximate surface area is 57.4 Å². The Morgan fingerprint density at radius 1 is 1.67 bits per heavy atom. The number of aliphatic hydroxyl groups excluding tert-OH is 1. The van der Waals surface area contributed by atoms with Gasteiger partial charge in [-0.05, 0) is 24.4 Å². The Kier molecular flexibility index (Phi) is 1.69. The van der Waals surface area contributed by atoms with E-state index in [0.29, 0.717) is 5.69 Å². The lowest BCUT2D eigenvalue weighted by Gasteiger charge is -1.89. The molecule has 0 fully saturated rings. The van der Waals surface area contributed by atoms with Crippen molar-refractivity contribution in [2.75, 3.05) is 0 Å². The molecule has 0 aliphatic rings. The van der Waals surface area contributed by atoms with Crippen molar-refractivity contribution in [1.29, 1.82) is 0 Å². The molecule has 4 heteroatoms. The molecule has 0 radical (unpaired) electrons. The van der Waals surface area contributed by atoms with Gasteiger partial charge in [-0.2, -0.15) is 5.10 Å². The molecule has 9 heavy (non-hydrogen) atoms. The molecule has 1 aromatic rings. The second-order valence-electron chi connectivity index (χ2n) is 1.41. The Balaban J connectivity index is 2.98. The van der Waals surface area contributed by atoms with Crippen molar-refractivity contribution >= 4 is 17.3 Å². The van der Waals surface area contributed by atoms with Crippen molar-refractivity contribution in [2.24, 2.45) is 0 Å². The van der Waals surface area contributed by atoms with Gasteiger partial charge < -0.3 is 5.11 Å². The molecule has 0 bridgehead atoms. The molecule has 0 amide bonds. The molecule has 1 heterocycles. The van der Waals surface area contributed by atoms with Gasteiger partial charge in [-0.25, -0.2) is 0 Å². The van der Waals surface area contributed by atoms with Crippen LogP contribution in [-0.4, -0.2) is 20.4 Å². The molecule has 0 saturated carbocycles. The first kappa shape index (κ1) is 6.10. The monoisotopic (exact) mass is 140 g/mol. The largest absolute Gasteiger partial charge is 0.497 e. The van der Waals surface area contributed by atoms with Gasteiger partial charge in [-0.15, -0.1) is 5.10 Å². The van der Waals surface area contributed by atoms with Crippen LogP contribution in [0.5, 0.6) is 0 Å². The Morgan fingerprint density at radius 3 is 2.78 bits per heavy atom. The first-order valence-electron chi connectivity index (χ1n) is 2.31. The average Bonchev–Trinajstić information content (AvgIpc) is 1.90. The number of nitrogens with zero attached hydrogens (tertiary/aromatic N) is 2. The van der Waals surface area contributed by atoms with Crippen molar-refractivity contribution in [1.82, 2.24) is 10.2 Å². The zero-order valence-corrected chi connectivity index (χ0v) is 5.30. The van der Waals surface area contributed by atoms with E-state index in [1.807, 2.05) is 0 Å². The van der Waals surface area contributed by atoms with E-state index in [9.17, 15) is 0 Å². The predicted molar refractivity (Wildman–Crippen MR) is 36.4 cm³/mol. The molecule has 0 aromatic carbocycles. The molecule has 0 aliphatic carbocycles. The molecule has 0 saturated heterocycles. The number of hydrogen-bond donors (Lipinski definition) is 1. The fraction of sp³-hybridized carbons (Fsp3) is 0. The maximum Gasteiger partial charge on any atom is 0.209 e. The topological polar surface area (TPSA) is 46.0 Å². The molecule has 0 atom stereocenters. The second-order valence-corrected chi connectivity index (χ2v) is 1.80. The number of aromatic nitrogens is 2. The van der Waals surface area contributed by atoms with E-state index in [0.717, 1.165) is 0 Å². The minimum atomic E-state index is -0.219. The lowest BCUT2D eigenvalue weighted by Crippen LogP contribution is -1.98. The highest BCUT2D eigenvalue weighted by Crippen LogP contribution is 1.90. The van der Waals surface area contributed by atoms with E-state index in [2.05, 4.69) is 22.4 Å². The molecular formula is C5H4N2OS. The maximum absolute atomic E-state index is 8.65. The van der Waals surface area contributed by atoms with Crippen LogP contribution in [0.4, 0.5) is 0 Å². The smallest absolute Gasteiger partial charge is 0.209 e. The third-order valence-corrected chi connectivity index (χ3v) is 1.00. The summed E-state index contributed by atoms with van der Waals surface area (Å²) in [6, 6.07) is 3.25. The molecule has 3 nitrogen and oxygen atoms in total. The number of aliphatic hydroxyl groups is 1. The third kappa shape index (κ3) is 1.43. The van der Waals surface area contributed by atoms with Gasteiger partial charge >= 0.3 is 0 Å². The minimum absolute atomic E-state index is 0.219. The summed E-state index contributed by atoms with van der Waals surface area (Å²) in [5.41, 5.74) is 0.340. The molecule has 1 N–H and O–H groups in total. The summed E-state index contributed by atoms with van der Waals surface area (Å²) in [6.07, 6.45) is 1.52. The average molecular weight is 140 g/mol. The van der Waals surface area contributed by atoms with Gasteiger partial charge in [0.05, 0.1) is 0 Å². The Morgan fingerprint density at radius 2 is 2.44 bits per heavy atom. The summed E-state index contributed by atoms with van der Waals surface area (Å²) in [5.74, 6) is 0. The predicted octanol–water partition coefficient (Wildman–Crippen LogP) is 0.710. The molecule has 46 valence electrons. The summed E-state index contributed by atoms with van der Waals surface area (Å²) in [4.78, 5) is 0. The van der Waals surface area contributed by atoms with Crippen LogP contribution in [0.25, 0.3) is 0 Å². The van der Waals surface area contributed by atoms with E-state index >= 15 is 0 Å². The molecule has 1 rings (SSSR count). The third-order valence-electron chi connectivity index (χ3n) is 0.791. The first-order valence-corrected chi connectivity index (χ1v) is 2.72. The standard InChI is InChI=1S/C5H4N2OS/c8-5(9)4-2-1-3-6-7-4/h1-3H,(H,8,9). The normalized spacial score (nSPS) is 8.89. The molecule has 0 spiro atoms. The lowest BCUT2D eigenvalue weighted by molar-refractivity contribution is 0.567. The molecule has 1 aromatic heterocycles. The number of thiocarbonyl (C=S) groups is 1. The number of hydrogen-bond acceptors (Lipinski definition) is 3. The van der Waals surface area contributed by atoms with E-state index in [4.69, 9.17) is 5.11 Å². The van der Waals surface area contributed by atoms with Gasteiger partial charge in [0.15, 0.2) is 0 Å². The summed E-state index contributed by atoms with van der Waals surface area (Å²) in [6.45, 7) is 0. The summed E-state index contributed by atoms with van der Waals surface area (Å²) in [5, 5.41) is 15.5. The van der Waals surface area contributed by atoms with Crippen LogP contribution in [0.15, 0.2) is 18.3 Å². The van der Waals surface area contributed by atoms with Crippen LogP contribution in [0.2, 0.25) is 0 Å². The SMILES string of the molecule is OC(=S)c1cccnn1. The van der Waals surface area contributed by atoms with Crippen LogP contribution in [0.1, 0.15) is 5.69 Å². The first-order chi connectivity index (χ1) is 4.30. The summed E-state index contributed by atoms with van der Waals surface area (Å²) < 4.78 is 0. The van der Waals surface area contributed by atoms with Gasteiger partial charge in [0.1, 0.15) is 5.69 Å². The van der Waals surface area contributed by atoms with Crippen LogP contribution < -0.4 is 0 Å². The quantitative estimate of drug-likeness (QED) is 0.583. The van der Waals surface area contributed by atoms with Crippen LogP contribution in [0, 0.1) is 0 Å². The van der Waals surface area contributed by atoms with Gasteiger partial charge in [0.2, 0.25) is 5.05 Å². The highest BCUT2D eigenvalue weighted by atomic mass is 32.1. The number of rotatable bonds is 1. The van der Waals surface area contributed by atoms with Crippen molar-refractivity contribution in [3.05, 3.63) is 24.0 Å².